The van der Waals surface area contributed by atoms with Gasteiger partial charge in [-0.25, -0.2) is 0 Å². The van der Waals surface area contributed by atoms with Crippen LogP contribution in [0.5, 0.6) is 5.75 Å². The molecule has 100 valence electrons. The fraction of sp³-hybridized carbons (Fsp3) is 0.429. The summed E-state index contributed by atoms with van der Waals surface area (Å²) in [5, 5.41) is 12.1. The van der Waals surface area contributed by atoms with Gasteiger partial charge in [0.25, 0.3) is 0 Å². The molecule has 0 spiro atoms. The zero-order valence-corrected chi connectivity index (χ0v) is 11.5. The molecule has 1 aliphatic heterocycles. The number of benzene rings is 1. The first-order valence-corrected chi connectivity index (χ1v) is 6.52. The van der Waals surface area contributed by atoms with E-state index >= 15 is 0 Å². The van der Waals surface area contributed by atoms with Crippen LogP contribution in [0.15, 0.2) is 18.2 Å². The molecule has 1 atom stereocenters. The molecule has 1 unspecified atom stereocenters. The Kier molecular flexibility index (Phi) is 2.98. The Labute approximate surface area is 112 Å². The predicted octanol–water partition coefficient (Wildman–Crippen LogP) is 1.93. The molecule has 19 heavy (non-hydrogen) atoms. The molecule has 1 aromatic carbocycles. The van der Waals surface area contributed by atoms with Crippen molar-refractivity contribution in [1.29, 1.82) is 0 Å². The third kappa shape index (κ3) is 2.00. The van der Waals surface area contributed by atoms with E-state index in [1.54, 1.807) is 7.11 Å². The quantitative estimate of drug-likeness (QED) is 0.894. The molecule has 1 aromatic heterocycles. The summed E-state index contributed by atoms with van der Waals surface area (Å²) >= 11 is 0. The topological polar surface area (TPSA) is 52.0 Å². The van der Waals surface area contributed by atoms with Crippen molar-refractivity contribution < 1.29 is 4.74 Å². The van der Waals surface area contributed by atoms with Gasteiger partial charge in [-0.05, 0) is 26.0 Å². The van der Waals surface area contributed by atoms with E-state index < -0.39 is 0 Å². The molecule has 0 saturated carbocycles. The molecule has 0 saturated heterocycles. The lowest BCUT2D eigenvalue weighted by atomic mass is 10.1. The molecule has 1 aliphatic rings. The second-order valence-electron chi connectivity index (χ2n) is 4.91. The molecule has 0 aliphatic carbocycles. The van der Waals surface area contributed by atoms with Crippen LogP contribution in [0.4, 0.5) is 0 Å². The molecular formula is C14H18N4O. The molecule has 2 heterocycles. The van der Waals surface area contributed by atoms with Crippen LogP contribution >= 0.6 is 0 Å². The standard InChI is InChI=1S/C14H18N4O/c1-9-4-5-12(19-3)11(8-9)14-17-16-13-10(2)15-6-7-18(13)14/h4-5,8,10,15H,6-7H2,1-3H3. The minimum atomic E-state index is 0.241. The van der Waals surface area contributed by atoms with E-state index in [0.717, 1.165) is 36.1 Å². The second-order valence-corrected chi connectivity index (χ2v) is 4.91. The number of aromatic nitrogens is 3. The van der Waals surface area contributed by atoms with E-state index in [9.17, 15) is 0 Å². The smallest absolute Gasteiger partial charge is 0.167 e. The van der Waals surface area contributed by atoms with Gasteiger partial charge in [0, 0.05) is 13.1 Å². The van der Waals surface area contributed by atoms with Gasteiger partial charge in [-0.1, -0.05) is 11.6 Å². The third-order valence-corrected chi connectivity index (χ3v) is 3.55. The Morgan fingerprint density at radius 3 is 3.00 bits per heavy atom. The maximum Gasteiger partial charge on any atom is 0.167 e. The number of hydrogen-bond donors (Lipinski definition) is 1. The van der Waals surface area contributed by atoms with Gasteiger partial charge in [0.2, 0.25) is 0 Å². The Hall–Kier alpha value is -1.88. The molecule has 5 heteroatoms. The molecule has 0 bridgehead atoms. The second kappa shape index (κ2) is 4.66. The highest BCUT2D eigenvalue weighted by molar-refractivity contribution is 5.65. The van der Waals surface area contributed by atoms with E-state index in [2.05, 4.69) is 40.0 Å². The van der Waals surface area contributed by atoms with Crippen LogP contribution in [0, 0.1) is 6.92 Å². The summed E-state index contributed by atoms with van der Waals surface area (Å²) in [6.07, 6.45) is 0. The van der Waals surface area contributed by atoms with E-state index in [1.807, 2.05) is 12.1 Å². The predicted molar refractivity (Wildman–Crippen MR) is 73.2 cm³/mol. The highest BCUT2D eigenvalue weighted by Gasteiger charge is 2.23. The highest BCUT2D eigenvalue weighted by Crippen LogP contribution is 2.31. The van der Waals surface area contributed by atoms with Gasteiger partial charge in [-0.3, -0.25) is 0 Å². The maximum absolute atomic E-state index is 5.45. The van der Waals surface area contributed by atoms with Gasteiger partial charge < -0.3 is 14.6 Å². The first-order chi connectivity index (χ1) is 9.20. The van der Waals surface area contributed by atoms with Crippen LogP contribution in [0.1, 0.15) is 24.4 Å². The summed E-state index contributed by atoms with van der Waals surface area (Å²) in [6, 6.07) is 6.37. The van der Waals surface area contributed by atoms with Crippen LogP contribution in [0.3, 0.4) is 0 Å². The van der Waals surface area contributed by atoms with Gasteiger partial charge in [0.15, 0.2) is 5.82 Å². The Morgan fingerprint density at radius 2 is 2.21 bits per heavy atom. The third-order valence-electron chi connectivity index (χ3n) is 3.55. The van der Waals surface area contributed by atoms with Crippen LogP contribution < -0.4 is 10.1 Å². The first-order valence-electron chi connectivity index (χ1n) is 6.52. The van der Waals surface area contributed by atoms with Crippen molar-refractivity contribution in [2.24, 2.45) is 0 Å². The fourth-order valence-corrected chi connectivity index (χ4v) is 2.54. The monoisotopic (exact) mass is 258 g/mol. The van der Waals surface area contributed by atoms with Gasteiger partial charge in [0.05, 0.1) is 18.7 Å². The zero-order valence-electron chi connectivity index (χ0n) is 11.5. The van der Waals surface area contributed by atoms with Crippen molar-refractivity contribution in [2.75, 3.05) is 13.7 Å². The number of rotatable bonds is 2. The molecule has 0 fully saturated rings. The summed E-state index contributed by atoms with van der Waals surface area (Å²) in [5.74, 6) is 2.72. The number of nitrogens with zero attached hydrogens (tertiary/aromatic N) is 3. The lowest BCUT2D eigenvalue weighted by molar-refractivity contribution is 0.414. The fourth-order valence-electron chi connectivity index (χ4n) is 2.54. The van der Waals surface area contributed by atoms with Crippen LogP contribution in [0.25, 0.3) is 11.4 Å². The minimum Gasteiger partial charge on any atom is -0.496 e. The molecule has 0 radical (unpaired) electrons. The largest absolute Gasteiger partial charge is 0.496 e. The first kappa shape index (κ1) is 12.2. The molecule has 3 rings (SSSR count). The highest BCUT2D eigenvalue weighted by atomic mass is 16.5. The summed E-state index contributed by atoms with van der Waals surface area (Å²) < 4.78 is 7.62. The number of hydrogen-bond acceptors (Lipinski definition) is 4. The lowest BCUT2D eigenvalue weighted by Gasteiger charge is -2.22. The normalized spacial score (nSPS) is 18.2. The maximum atomic E-state index is 5.45. The summed E-state index contributed by atoms with van der Waals surface area (Å²) in [4.78, 5) is 0. The number of aryl methyl sites for hydroxylation is 1. The average molecular weight is 258 g/mol. The van der Waals surface area contributed by atoms with Crippen molar-refractivity contribution >= 4 is 0 Å². The number of fused-ring (bicyclic) bond motifs is 1. The Balaban J connectivity index is 2.15. The number of ether oxygens (including phenoxy) is 1. The van der Waals surface area contributed by atoms with Gasteiger partial charge in [0.1, 0.15) is 11.6 Å². The van der Waals surface area contributed by atoms with Crippen molar-refractivity contribution in [3.8, 4) is 17.1 Å². The van der Waals surface area contributed by atoms with E-state index in [-0.39, 0.29) is 6.04 Å². The minimum absolute atomic E-state index is 0.241. The summed E-state index contributed by atoms with van der Waals surface area (Å²) in [7, 11) is 1.69. The molecule has 0 amide bonds. The molecule has 1 N–H and O–H groups in total. The van der Waals surface area contributed by atoms with Gasteiger partial charge >= 0.3 is 0 Å². The van der Waals surface area contributed by atoms with Crippen LogP contribution in [-0.2, 0) is 6.54 Å². The average Bonchev–Trinajstić information content (AvgIpc) is 2.84. The summed E-state index contributed by atoms with van der Waals surface area (Å²) in [5.41, 5.74) is 2.20. The molecule has 2 aromatic rings. The lowest BCUT2D eigenvalue weighted by Crippen LogP contribution is -2.32. The van der Waals surface area contributed by atoms with Crippen molar-refractivity contribution in [1.82, 2.24) is 20.1 Å². The van der Waals surface area contributed by atoms with E-state index in [0.29, 0.717) is 0 Å². The van der Waals surface area contributed by atoms with Crippen molar-refractivity contribution in [3.05, 3.63) is 29.6 Å². The van der Waals surface area contributed by atoms with Crippen LogP contribution in [0.2, 0.25) is 0 Å². The number of methoxy groups -OCH3 is 1. The summed E-state index contributed by atoms with van der Waals surface area (Å²) in [6.45, 7) is 6.00. The molecular weight excluding hydrogens is 240 g/mol. The zero-order chi connectivity index (χ0) is 13.4. The van der Waals surface area contributed by atoms with E-state index in [4.69, 9.17) is 4.74 Å². The Morgan fingerprint density at radius 1 is 1.37 bits per heavy atom. The Bertz CT molecular complexity index is 605. The van der Waals surface area contributed by atoms with E-state index in [1.165, 1.54) is 5.56 Å². The van der Waals surface area contributed by atoms with Gasteiger partial charge in [-0.2, -0.15) is 0 Å². The van der Waals surface area contributed by atoms with Crippen molar-refractivity contribution in [3.63, 3.8) is 0 Å². The number of nitrogens with one attached hydrogen (secondary N) is 1. The van der Waals surface area contributed by atoms with Crippen LogP contribution in [-0.4, -0.2) is 28.4 Å². The van der Waals surface area contributed by atoms with Gasteiger partial charge in [-0.15, -0.1) is 10.2 Å². The SMILES string of the molecule is COc1ccc(C)cc1-c1nnc2n1CCNC2C. The van der Waals surface area contributed by atoms with Crippen molar-refractivity contribution in [2.45, 2.75) is 26.4 Å². The molecule has 5 nitrogen and oxygen atoms in total.